The molecule has 1 unspecified atom stereocenters. The molecule has 1 heterocycles. The lowest BCUT2D eigenvalue weighted by Crippen LogP contribution is -2.58. The summed E-state index contributed by atoms with van der Waals surface area (Å²) in [5.41, 5.74) is 6.37. The van der Waals surface area contributed by atoms with Crippen LogP contribution in [-0.4, -0.2) is 36.2 Å². The van der Waals surface area contributed by atoms with E-state index >= 15 is 0 Å². The molecule has 1 aromatic rings. The van der Waals surface area contributed by atoms with E-state index in [-0.39, 0.29) is 17.7 Å². The number of Topliss-reactive ketones (excluding diaryl/α,β-unsaturated/α-hetero) is 2. The molecule has 1 fully saturated rings. The van der Waals surface area contributed by atoms with Crippen LogP contribution in [0.25, 0.3) is 0 Å². The average molecular weight is 401 g/mol. The number of ketones is 2. The average Bonchev–Trinajstić information content (AvgIpc) is 2.71. The number of unbranched alkanes of at least 4 members (excludes halogenated alkanes) is 2. The van der Waals surface area contributed by atoms with Crippen LogP contribution in [0.4, 0.5) is 4.79 Å². The van der Waals surface area contributed by atoms with Gasteiger partial charge < -0.3 is 10.1 Å². The van der Waals surface area contributed by atoms with Crippen molar-refractivity contribution >= 4 is 23.6 Å². The molecule has 1 aliphatic heterocycles. The number of rotatable bonds is 9. The Bertz CT molecular complexity index is 818. The third kappa shape index (κ3) is 5.13. The Balaban J connectivity index is 2.41. The van der Waals surface area contributed by atoms with Gasteiger partial charge in [0, 0.05) is 11.0 Å². The van der Waals surface area contributed by atoms with Crippen LogP contribution >= 0.6 is 0 Å². The van der Waals surface area contributed by atoms with Crippen molar-refractivity contribution in [2.45, 2.75) is 52.5 Å². The Hall–Kier alpha value is -2.90. The van der Waals surface area contributed by atoms with Gasteiger partial charge in [-0.2, -0.15) is 0 Å². The highest BCUT2D eigenvalue weighted by atomic mass is 16.6. The predicted octanol–water partition coefficient (Wildman–Crippen LogP) is 3.94. The molecule has 156 valence electrons. The summed E-state index contributed by atoms with van der Waals surface area (Å²) in [4.78, 5) is 50.4. The van der Waals surface area contributed by atoms with E-state index in [9.17, 15) is 19.2 Å². The van der Waals surface area contributed by atoms with Crippen molar-refractivity contribution in [2.75, 3.05) is 6.61 Å². The maximum absolute atomic E-state index is 13.4. The number of hydrogen-bond donors (Lipinski definition) is 2. The zero-order valence-electron chi connectivity index (χ0n) is 17.0. The van der Waals surface area contributed by atoms with E-state index in [0.29, 0.717) is 12.8 Å². The summed E-state index contributed by atoms with van der Waals surface area (Å²) in [6, 6.07) is 5.19. The summed E-state index contributed by atoms with van der Waals surface area (Å²) in [7, 11) is 0. The van der Waals surface area contributed by atoms with Gasteiger partial charge in [0.2, 0.25) is 0 Å². The summed E-state index contributed by atoms with van der Waals surface area (Å²) in [5, 5.41) is 5.46. The highest BCUT2D eigenvalue weighted by Gasteiger charge is 2.45. The summed E-state index contributed by atoms with van der Waals surface area (Å²) >= 11 is 0. The van der Waals surface area contributed by atoms with Crippen molar-refractivity contribution in [3.8, 4) is 0 Å². The highest BCUT2D eigenvalue weighted by Crippen LogP contribution is 2.30. The van der Waals surface area contributed by atoms with E-state index in [1.807, 2.05) is 6.92 Å². The van der Waals surface area contributed by atoms with Gasteiger partial charge in [-0.1, -0.05) is 58.2 Å². The van der Waals surface area contributed by atoms with Gasteiger partial charge in [-0.05, 0) is 12.5 Å². The van der Waals surface area contributed by atoms with E-state index in [2.05, 4.69) is 10.4 Å². The first kappa shape index (κ1) is 22.4. The fraction of sp³-hybridized carbons (Fsp3) is 0.524. The first-order chi connectivity index (χ1) is 13.7. The normalized spacial score (nSPS) is 18.9. The second-order valence-corrected chi connectivity index (χ2v) is 7.92. The molecular weight excluding hydrogens is 374 g/mol. The highest BCUT2D eigenvalue weighted by molar-refractivity contribution is 6.16. The van der Waals surface area contributed by atoms with Crippen LogP contribution in [0, 0.1) is 16.9 Å². The summed E-state index contributed by atoms with van der Waals surface area (Å²) < 4.78 is 5.00. The molecule has 1 aliphatic rings. The number of benzene rings is 1. The molecule has 0 saturated carbocycles. The van der Waals surface area contributed by atoms with Gasteiger partial charge in [0.25, 0.3) is 5.91 Å². The van der Waals surface area contributed by atoms with Crippen LogP contribution in [0.2, 0.25) is 0 Å². The van der Waals surface area contributed by atoms with Crippen molar-refractivity contribution in [3.63, 3.8) is 0 Å². The van der Waals surface area contributed by atoms with Crippen molar-refractivity contribution in [3.05, 3.63) is 35.4 Å². The summed E-state index contributed by atoms with van der Waals surface area (Å²) in [5.74, 6) is -2.73. The van der Waals surface area contributed by atoms with Gasteiger partial charge in [-0.3, -0.25) is 14.4 Å². The molecule has 2 N–H and O–H groups in total. The molecule has 0 spiro atoms. The molecule has 0 bridgehead atoms. The second-order valence-electron chi connectivity index (χ2n) is 7.92. The monoisotopic (exact) mass is 401 g/mol. The lowest BCUT2D eigenvalue weighted by molar-refractivity contribution is -0.128. The number of ether oxygens (including phenoxy) is 1. The minimum absolute atomic E-state index is 0.00364. The maximum Gasteiger partial charge on any atom is 0.407 e. The SMILES string of the molecule is CCCCC[C@@H](C(=O)c1ccccc1C(=O)N=N)C(=O)C1NC(=O)OCC1(C)C. The van der Waals surface area contributed by atoms with E-state index < -0.39 is 40.9 Å². The number of hydrogen-bond acceptors (Lipinski definition) is 6. The van der Waals surface area contributed by atoms with E-state index in [1.54, 1.807) is 26.0 Å². The smallest absolute Gasteiger partial charge is 0.407 e. The van der Waals surface area contributed by atoms with Crippen molar-refractivity contribution in [2.24, 2.45) is 16.4 Å². The molecule has 0 radical (unpaired) electrons. The Labute approximate surface area is 169 Å². The molecule has 1 saturated heterocycles. The Morgan fingerprint density at radius 1 is 1.24 bits per heavy atom. The van der Waals surface area contributed by atoms with Gasteiger partial charge in [0.15, 0.2) is 11.6 Å². The van der Waals surface area contributed by atoms with Gasteiger partial charge >= 0.3 is 6.09 Å². The number of nitrogens with one attached hydrogen (secondary N) is 2. The van der Waals surface area contributed by atoms with E-state index in [0.717, 1.165) is 12.8 Å². The third-order valence-electron chi connectivity index (χ3n) is 5.18. The van der Waals surface area contributed by atoms with Gasteiger partial charge in [0.1, 0.15) is 6.61 Å². The summed E-state index contributed by atoms with van der Waals surface area (Å²) in [6.45, 7) is 5.67. The lowest BCUT2D eigenvalue weighted by atomic mass is 9.75. The topological polar surface area (TPSA) is 126 Å². The van der Waals surface area contributed by atoms with E-state index in [4.69, 9.17) is 10.3 Å². The van der Waals surface area contributed by atoms with Crippen molar-refractivity contribution < 1.29 is 23.9 Å². The molecule has 29 heavy (non-hydrogen) atoms. The Morgan fingerprint density at radius 3 is 2.52 bits per heavy atom. The fourth-order valence-electron chi connectivity index (χ4n) is 3.48. The van der Waals surface area contributed by atoms with Crippen molar-refractivity contribution in [1.29, 1.82) is 5.53 Å². The molecular formula is C21H27N3O5. The number of alkyl carbamates (subject to hydrolysis) is 1. The number of cyclic esters (lactones) is 1. The fourth-order valence-corrected chi connectivity index (χ4v) is 3.48. The zero-order valence-corrected chi connectivity index (χ0v) is 17.0. The molecule has 8 heteroatoms. The maximum atomic E-state index is 13.4. The lowest BCUT2D eigenvalue weighted by Gasteiger charge is -2.38. The Kier molecular flexibility index (Phi) is 7.36. The minimum atomic E-state index is -1.01. The molecule has 0 aromatic heterocycles. The van der Waals surface area contributed by atoms with Crippen LogP contribution < -0.4 is 5.32 Å². The van der Waals surface area contributed by atoms with Gasteiger partial charge in [-0.15, -0.1) is 5.11 Å². The first-order valence-corrected chi connectivity index (χ1v) is 9.75. The molecule has 8 nitrogen and oxygen atoms in total. The minimum Gasteiger partial charge on any atom is -0.449 e. The molecule has 1 aromatic carbocycles. The van der Waals surface area contributed by atoms with Gasteiger partial charge in [0.05, 0.1) is 17.5 Å². The van der Waals surface area contributed by atoms with Crippen LogP contribution in [0.5, 0.6) is 0 Å². The number of amides is 2. The standard InChI is InChI=1S/C21H27N3O5/c1-4-5-6-11-15(17(26)18-21(2,3)12-29-20(28)23-18)16(25)13-9-7-8-10-14(13)19(27)24-22/h7-10,15,18,22H,4-6,11-12H2,1-3H3,(H,23,28)/t15-,18?/m0/s1. The largest absolute Gasteiger partial charge is 0.449 e. The Morgan fingerprint density at radius 2 is 1.90 bits per heavy atom. The van der Waals surface area contributed by atoms with Crippen molar-refractivity contribution in [1.82, 2.24) is 5.32 Å². The quantitative estimate of drug-likeness (QED) is 0.280. The van der Waals surface area contributed by atoms with E-state index in [1.165, 1.54) is 12.1 Å². The number of nitrogens with zero attached hydrogens (tertiary/aromatic N) is 1. The number of carbonyl (C=O) groups excluding carboxylic acids is 4. The van der Waals surface area contributed by atoms with Crippen LogP contribution in [-0.2, 0) is 9.53 Å². The molecule has 2 atom stereocenters. The predicted molar refractivity (Wildman–Crippen MR) is 105 cm³/mol. The van der Waals surface area contributed by atoms with Gasteiger partial charge in [-0.25, -0.2) is 10.3 Å². The second kappa shape index (κ2) is 9.54. The molecule has 2 amide bonds. The number of carbonyl (C=O) groups is 4. The third-order valence-corrected chi connectivity index (χ3v) is 5.18. The molecule has 0 aliphatic carbocycles. The summed E-state index contributed by atoms with van der Waals surface area (Å²) in [6.07, 6.45) is 2.06. The zero-order chi connectivity index (χ0) is 21.6. The van der Waals surface area contributed by atoms with Crippen LogP contribution in [0.15, 0.2) is 29.4 Å². The van der Waals surface area contributed by atoms with Crippen LogP contribution in [0.1, 0.15) is 67.2 Å². The first-order valence-electron chi connectivity index (χ1n) is 9.75. The van der Waals surface area contributed by atoms with Crippen LogP contribution in [0.3, 0.4) is 0 Å². The molecule has 2 rings (SSSR count).